The molecule has 0 heterocycles. The maximum atomic E-state index is 2.54. The molecule has 0 radical (unpaired) electrons. The summed E-state index contributed by atoms with van der Waals surface area (Å²) in [6, 6.07) is 0. The summed E-state index contributed by atoms with van der Waals surface area (Å²) < 4.78 is 0. The van der Waals surface area contributed by atoms with Gasteiger partial charge < -0.3 is 0 Å². The Morgan fingerprint density at radius 3 is 1.31 bits per heavy atom. The van der Waals surface area contributed by atoms with Gasteiger partial charge in [-0.1, -0.05) is 117 Å². The Morgan fingerprint density at radius 1 is 0.517 bits per heavy atom. The van der Waals surface area contributed by atoms with Crippen molar-refractivity contribution in [3.05, 3.63) is 0 Å². The van der Waals surface area contributed by atoms with E-state index in [1.165, 1.54) is 19.3 Å². The van der Waals surface area contributed by atoms with Crippen LogP contribution in [0.25, 0.3) is 0 Å². The second-order valence-electron chi connectivity index (χ2n) is 13.2. The molecule has 0 aliphatic carbocycles. The monoisotopic (exact) mass is 408 g/mol. The Bertz CT molecular complexity index is 441. The molecule has 0 N–H and O–H groups in total. The zero-order valence-electron chi connectivity index (χ0n) is 23.3. The molecule has 0 amide bonds. The van der Waals surface area contributed by atoms with Crippen LogP contribution in [0.5, 0.6) is 0 Å². The van der Waals surface area contributed by atoms with E-state index in [1.54, 1.807) is 0 Å². The van der Waals surface area contributed by atoms with Crippen molar-refractivity contribution in [3.63, 3.8) is 0 Å². The maximum absolute atomic E-state index is 2.54. The van der Waals surface area contributed by atoms with E-state index in [0.29, 0.717) is 10.8 Å². The molecule has 0 spiro atoms. The summed E-state index contributed by atoms with van der Waals surface area (Å²) in [5.74, 6) is 7.08. The summed E-state index contributed by atoms with van der Waals surface area (Å²) in [5.41, 5.74) is 0.709. The van der Waals surface area contributed by atoms with Crippen molar-refractivity contribution in [3.8, 4) is 0 Å². The Morgan fingerprint density at radius 2 is 0.931 bits per heavy atom. The van der Waals surface area contributed by atoms with E-state index in [-0.39, 0.29) is 0 Å². The van der Waals surface area contributed by atoms with Crippen molar-refractivity contribution in [1.82, 2.24) is 0 Å². The van der Waals surface area contributed by atoms with Crippen LogP contribution in [0, 0.1) is 64.1 Å². The zero-order valence-corrected chi connectivity index (χ0v) is 23.3. The molecule has 0 aliphatic heterocycles. The van der Waals surface area contributed by atoms with Crippen molar-refractivity contribution in [2.75, 3.05) is 0 Å². The molecule has 0 aromatic carbocycles. The fourth-order valence-electron chi connectivity index (χ4n) is 5.72. The second kappa shape index (κ2) is 11.6. The molecule has 0 saturated heterocycles. The normalized spacial score (nSPS) is 21.0. The fourth-order valence-corrected chi connectivity index (χ4v) is 5.72. The quantitative estimate of drug-likeness (QED) is 0.284. The molecule has 0 saturated carbocycles. The van der Waals surface area contributed by atoms with Gasteiger partial charge in [0, 0.05) is 0 Å². The van der Waals surface area contributed by atoms with E-state index in [0.717, 1.165) is 53.3 Å². The number of hydrogen-bond acceptors (Lipinski definition) is 0. The smallest absolute Gasteiger partial charge is 0.0275 e. The standard InChI is InChI=1S/C29H60/c1-19(2)18-28(12,13)29(14,15)27(11)26(10)25(9)24(8)22(6)17-16-21(5)23(7)20(3)4/h19-27H,16-18H2,1-15H3. The molecular formula is C29H60. The predicted octanol–water partition coefficient (Wildman–Crippen LogP) is 9.97. The Kier molecular flexibility index (Phi) is 11.6. The van der Waals surface area contributed by atoms with Crippen molar-refractivity contribution in [2.45, 2.75) is 123 Å². The summed E-state index contributed by atoms with van der Waals surface area (Å²) >= 11 is 0. The first-order valence-electron chi connectivity index (χ1n) is 13.0. The minimum Gasteiger partial charge on any atom is -0.0628 e. The lowest BCUT2D eigenvalue weighted by Gasteiger charge is -2.50. The van der Waals surface area contributed by atoms with Crippen LogP contribution in [-0.4, -0.2) is 0 Å². The topological polar surface area (TPSA) is 0 Å². The van der Waals surface area contributed by atoms with Gasteiger partial charge in [-0.2, -0.15) is 0 Å². The van der Waals surface area contributed by atoms with Crippen LogP contribution in [0.1, 0.15) is 123 Å². The van der Waals surface area contributed by atoms with Crippen LogP contribution in [0.15, 0.2) is 0 Å². The van der Waals surface area contributed by atoms with Crippen LogP contribution < -0.4 is 0 Å². The average molecular weight is 409 g/mol. The third-order valence-electron chi connectivity index (χ3n) is 10.2. The van der Waals surface area contributed by atoms with Crippen molar-refractivity contribution in [1.29, 1.82) is 0 Å². The highest BCUT2D eigenvalue weighted by atomic mass is 14.5. The van der Waals surface area contributed by atoms with Crippen molar-refractivity contribution >= 4 is 0 Å². The van der Waals surface area contributed by atoms with Crippen LogP contribution in [0.4, 0.5) is 0 Å². The van der Waals surface area contributed by atoms with Gasteiger partial charge in [0.2, 0.25) is 0 Å². The third kappa shape index (κ3) is 7.88. The van der Waals surface area contributed by atoms with Crippen molar-refractivity contribution in [2.24, 2.45) is 64.1 Å². The summed E-state index contributed by atoms with van der Waals surface area (Å²) in [6.45, 7) is 37.1. The maximum Gasteiger partial charge on any atom is -0.0275 e. The van der Waals surface area contributed by atoms with Crippen LogP contribution >= 0.6 is 0 Å². The predicted molar refractivity (Wildman–Crippen MR) is 135 cm³/mol. The minimum atomic E-state index is 0.342. The lowest BCUT2D eigenvalue weighted by molar-refractivity contribution is -0.0158. The summed E-state index contributed by atoms with van der Waals surface area (Å²) in [7, 11) is 0. The number of rotatable bonds is 13. The molecule has 0 bridgehead atoms. The van der Waals surface area contributed by atoms with E-state index < -0.39 is 0 Å². The Balaban J connectivity index is 5.04. The molecule has 7 atom stereocenters. The lowest BCUT2D eigenvalue weighted by Crippen LogP contribution is -2.43. The Labute approximate surface area is 187 Å². The molecule has 0 aromatic rings. The first-order chi connectivity index (χ1) is 13.0. The van der Waals surface area contributed by atoms with Gasteiger partial charge in [0.1, 0.15) is 0 Å². The molecule has 29 heavy (non-hydrogen) atoms. The van der Waals surface area contributed by atoms with Gasteiger partial charge in [0.25, 0.3) is 0 Å². The lowest BCUT2D eigenvalue weighted by atomic mass is 9.54. The first-order valence-corrected chi connectivity index (χ1v) is 13.0. The highest BCUT2D eigenvalue weighted by Crippen LogP contribution is 2.52. The van der Waals surface area contributed by atoms with Gasteiger partial charge in [-0.05, 0) is 70.5 Å². The molecule has 0 nitrogen and oxygen atoms in total. The van der Waals surface area contributed by atoms with Gasteiger partial charge in [-0.15, -0.1) is 0 Å². The summed E-state index contributed by atoms with van der Waals surface area (Å²) in [5, 5.41) is 0. The fraction of sp³-hybridized carbons (Fsp3) is 1.00. The Hall–Kier alpha value is 0. The van der Waals surface area contributed by atoms with Crippen molar-refractivity contribution < 1.29 is 0 Å². The molecule has 0 fully saturated rings. The summed E-state index contributed by atoms with van der Waals surface area (Å²) in [6.07, 6.45) is 4.07. The van der Waals surface area contributed by atoms with E-state index in [9.17, 15) is 0 Å². The SMILES string of the molecule is CC(C)CC(C)(C)C(C)(C)C(C)C(C)C(C)C(C)C(C)CCC(C)C(C)C(C)C. The van der Waals surface area contributed by atoms with Crippen LogP contribution in [0.2, 0.25) is 0 Å². The van der Waals surface area contributed by atoms with E-state index >= 15 is 0 Å². The minimum absolute atomic E-state index is 0.342. The first kappa shape index (κ1) is 29.0. The summed E-state index contributed by atoms with van der Waals surface area (Å²) in [4.78, 5) is 0. The highest BCUT2D eigenvalue weighted by Gasteiger charge is 2.44. The van der Waals surface area contributed by atoms with E-state index in [1.807, 2.05) is 0 Å². The van der Waals surface area contributed by atoms with E-state index in [2.05, 4.69) is 104 Å². The third-order valence-corrected chi connectivity index (χ3v) is 10.2. The van der Waals surface area contributed by atoms with Gasteiger partial charge >= 0.3 is 0 Å². The molecule has 0 aromatic heterocycles. The number of hydrogen-bond donors (Lipinski definition) is 0. The van der Waals surface area contributed by atoms with E-state index in [4.69, 9.17) is 0 Å². The zero-order chi connectivity index (χ0) is 23.3. The van der Waals surface area contributed by atoms with Gasteiger partial charge in [-0.3, -0.25) is 0 Å². The molecule has 0 heteroatoms. The van der Waals surface area contributed by atoms with Gasteiger partial charge in [0.15, 0.2) is 0 Å². The molecular weight excluding hydrogens is 348 g/mol. The van der Waals surface area contributed by atoms with Gasteiger partial charge in [0.05, 0.1) is 0 Å². The molecule has 0 rings (SSSR count). The second-order valence-corrected chi connectivity index (χ2v) is 13.2. The molecule has 7 unspecified atom stereocenters. The van der Waals surface area contributed by atoms with Gasteiger partial charge in [-0.25, -0.2) is 0 Å². The van der Waals surface area contributed by atoms with Crippen LogP contribution in [0.3, 0.4) is 0 Å². The average Bonchev–Trinajstić information content (AvgIpc) is 2.60. The largest absolute Gasteiger partial charge is 0.0628 e. The molecule has 0 aliphatic rings. The van der Waals surface area contributed by atoms with Crippen LogP contribution in [-0.2, 0) is 0 Å². The molecule has 176 valence electrons. The highest BCUT2D eigenvalue weighted by molar-refractivity contribution is 4.93.